The van der Waals surface area contributed by atoms with Crippen LogP contribution in [0.5, 0.6) is 5.75 Å². The van der Waals surface area contributed by atoms with Crippen LogP contribution < -0.4 is 10.1 Å². The second-order valence-corrected chi connectivity index (χ2v) is 6.86. The number of ether oxygens (including phenoxy) is 1. The van der Waals surface area contributed by atoms with Gasteiger partial charge < -0.3 is 15.0 Å². The maximum Gasteiger partial charge on any atom is 0.236 e. The number of carbonyl (C=O) groups is 1. The lowest BCUT2D eigenvalue weighted by atomic mass is 10.3. The van der Waals surface area contributed by atoms with Gasteiger partial charge in [0.2, 0.25) is 5.91 Å². The minimum atomic E-state index is 0.191. The van der Waals surface area contributed by atoms with Crippen LogP contribution in [0.15, 0.2) is 18.2 Å². The molecule has 1 aliphatic rings. The van der Waals surface area contributed by atoms with Gasteiger partial charge in [-0.3, -0.25) is 9.69 Å². The van der Waals surface area contributed by atoms with Crippen LogP contribution in [-0.4, -0.2) is 67.6 Å². The van der Waals surface area contributed by atoms with Crippen molar-refractivity contribution >= 4 is 27.5 Å². The van der Waals surface area contributed by atoms with Crippen molar-refractivity contribution < 1.29 is 9.53 Å². The van der Waals surface area contributed by atoms with Gasteiger partial charge in [-0.25, -0.2) is 4.98 Å². The summed E-state index contributed by atoms with van der Waals surface area (Å²) in [7, 11) is 3.63. The van der Waals surface area contributed by atoms with Crippen molar-refractivity contribution in [3.8, 4) is 5.75 Å². The predicted octanol–water partition coefficient (Wildman–Crippen LogP) is 1.17. The third-order valence-corrected chi connectivity index (χ3v) is 4.92. The zero-order chi connectivity index (χ0) is 16.2. The van der Waals surface area contributed by atoms with E-state index in [-0.39, 0.29) is 5.91 Å². The smallest absolute Gasteiger partial charge is 0.236 e. The van der Waals surface area contributed by atoms with Crippen molar-refractivity contribution in [2.24, 2.45) is 0 Å². The molecule has 23 heavy (non-hydrogen) atoms. The lowest BCUT2D eigenvalue weighted by Crippen LogP contribution is -2.49. The molecule has 0 bridgehead atoms. The van der Waals surface area contributed by atoms with Crippen LogP contribution in [0.2, 0.25) is 0 Å². The fourth-order valence-electron chi connectivity index (χ4n) is 2.68. The average Bonchev–Trinajstić information content (AvgIpc) is 2.96. The molecule has 1 amide bonds. The lowest BCUT2D eigenvalue weighted by molar-refractivity contribution is -0.132. The van der Waals surface area contributed by atoms with Gasteiger partial charge >= 0.3 is 0 Å². The highest BCUT2D eigenvalue weighted by atomic mass is 32.1. The molecule has 1 aliphatic heterocycles. The molecule has 7 heteroatoms. The van der Waals surface area contributed by atoms with Gasteiger partial charge in [-0.05, 0) is 25.2 Å². The molecule has 6 nitrogen and oxygen atoms in total. The Morgan fingerprint density at radius 3 is 2.96 bits per heavy atom. The number of aromatic nitrogens is 1. The number of amides is 1. The number of carbonyl (C=O) groups excluding carboxylic acids is 1. The topological polar surface area (TPSA) is 57.7 Å². The lowest BCUT2D eigenvalue weighted by Gasteiger charge is -2.29. The quantitative estimate of drug-likeness (QED) is 0.889. The standard InChI is InChI=1S/C16H22N4O2S/c1-19(11-16(21)20-7-5-17-6-8-20)10-15-18-13-4-3-12(22-2)9-14(13)23-15/h3-4,9,17H,5-8,10-11H2,1-2H3. The van der Waals surface area contributed by atoms with E-state index in [9.17, 15) is 4.79 Å². The summed E-state index contributed by atoms with van der Waals surface area (Å²) >= 11 is 1.65. The molecular weight excluding hydrogens is 312 g/mol. The number of methoxy groups -OCH3 is 1. The molecule has 2 aromatic rings. The largest absolute Gasteiger partial charge is 0.497 e. The fraction of sp³-hybridized carbons (Fsp3) is 0.500. The number of piperazine rings is 1. The van der Waals surface area contributed by atoms with Crippen LogP contribution in [0.25, 0.3) is 10.2 Å². The van der Waals surface area contributed by atoms with E-state index >= 15 is 0 Å². The summed E-state index contributed by atoms with van der Waals surface area (Å²) in [5, 5.41) is 4.28. The number of hydrogen-bond acceptors (Lipinski definition) is 6. The summed E-state index contributed by atoms with van der Waals surface area (Å²) in [6, 6.07) is 5.89. The van der Waals surface area contributed by atoms with Crippen LogP contribution in [0, 0.1) is 0 Å². The SMILES string of the molecule is COc1ccc2nc(CN(C)CC(=O)N3CCNCC3)sc2c1. The number of likely N-dealkylation sites (N-methyl/N-ethyl adjacent to an activating group) is 1. The van der Waals surface area contributed by atoms with E-state index in [1.165, 1.54) is 0 Å². The van der Waals surface area contributed by atoms with E-state index in [0.29, 0.717) is 13.1 Å². The first-order valence-corrected chi connectivity index (χ1v) is 8.58. The second-order valence-electron chi connectivity index (χ2n) is 5.74. The third kappa shape index (κ3) is 3.99. The molecule has 0 aliphatic carbocycles. The Balaban J connectivity index is 1.60. The molecule has 1 aromatic heterocycles. The Morgan fingerprint density at radius 2 is 2.22 bits per heavy atom. The highest BCUT2D eigenvalue weighted by Crippen LogP contribution is 2.26. The fourth-order valence-corrected chi connectivity index (χ4v) is 3.76. The summed E-state index contributed by atoms with van der Waals surface area (Å²) in [6.07, 6.45) is 0. The Morgan fingerprint density at radius 1 is 1.43 bits per heavy atom. The highest BCUT2D eigenvalue weighted by Gasteiger charge is 2.18. The maximum atomic E-state index is 12.3. The van der Waals surface area contributed by atoms with Gasteiger partial charge in [0.15, 0.2) is 0 Å². The molecule has 1 fully saturated rings. The molecule has 0 radical (unpaired) electrons. The van der Waals surface area contributed by atoms with Gasteiger partial charge in [-0.15, -0.1) is 11.3 Å². The number of hydrogen-bond donors (Lipinski definition) is 1. The Kier molecular flexibility index (Phi) is 5.09. The van der Waals surface area contributed by atoms with Crippen LogP contribution >= 0.6 is 11.3 Å². The Labute approximate surface area is 140 Å². The maximum absolute atomic E-state index is 12.3. The summed E-state index contributed by atoms with van der Waals surface area (Å²) in [5.41, 5.74) is 0.979. The molecule has 0 atom stereocenters. The normalized spacial score (nSPS) is 15.3. The molecule has 1 N–H and O–H groups in total. The Hall–Kier alpha value is -1.70. The zero-order valence-electron chi connectivity index (χ0n) is 13.5. The number of rotatable bonds is 5. The number of fused-ring (bicyclic) bond motifs is 1. The van der Waals surface area contributed by atoms with E-state index in [2.05, 4.69) is 10.3 Å². The van der Waals surface area contributed by atoms with E-state index in [1.54, 1.807) is 18.4 Å². The minimum Gasteiger partial charge on any atom is -0.497 e. The molecule has 3 rings (SSSR count). The molecule has 0 saturated carbocycles. The molecule has 124 valence electrons. The van der Waals surface area contributed by atoms with E-state index in [0.717, 1.165) is 47.2 Å². The summed E-state index contributed by atoms with van der Waals surface area (Å²) < 4.78 is 6.36. The van der Waals surface area contributed by atoms with E-state index < -0.39 is 0 Å². The molecule has 2 heterocycles. The van der Waals surface area contributed by atoms with Crippen molar-refractivity contribution in [3.05, 3.63) is 23.2 Å². The monoisotopic (exact) mass is 334 g/mol. The van der Waals surface area contributed by atoms with Crippen molar-refractivity contribution in [2.45, 2.75) is 6.54 Å². The third-order valence-electron chi connectivity index (χ3n) is 3.92. The van der Waals surface area contributed by atoms with Gasteiger partial charge in [0.25, 0.3) is 0 Å². The van der Waals surface area contributed by atoms with Crippen molar-refractivity contribution in [1.82, 2.24) is 20.1 Å². The van der Waals surface area contributed by atoms with Gasteiger partial charge in [-0.2, -0.15) is 0 Å². The van der Waals surface area contributed by atoms with Gasteiger partial charge in [0.1, 0.15) is 10.8 Å². The zero-order valence-corrected chi connectivity index (χ0v) is 14.4. The van der Waals surface area contributed by atoms with Gasteiger partial charge in [0, 0.05) is 26.2 Å². The molecule has 0 unspecified atom stereocenters. The van der Waals surface area contributed by atoms with E-state index in [4.69, 9.17) is 4.74 Å². The molecule has 1 aromatic carbocycles. The van der Waals surface area contributed by atoms with Crippen molar-refractivity contribution in [3.63, 3.8) is 0 Å². The number of thiazole rings is 1. The van der Waals surface area contributed by atoms with E-state index in [1.807, 2.05) is 35.0 Å². The predicted molar refractivity (Wildman–Crippen MR) is 92.0 cm³/mol. The number of nitrogens with one attached hydrogen (secondary N) is 1. The van der Waals surface area contributed by atoms with Crippen LogP contribution in [0.1, 0.15) is 5.01 Å². The first-order valence-electron chi connectivity index (χ1n) is 7.76. The van der Waals surface area contributed by atoms with Crippen LogP contribution in [0.3, 0.4) is 0 Å². The molecule has 0 spiro atoms. The van der Waals surface area contributed by atoms with Crippen LogP contribution in [0.4, 0.5) is 0 Å². The first kappa shape index (κ1) is 16.2. The second kappa shape index (κ2) is 7.25. The minimum absolute atomic E-state index is 0.191. The summed E-state index contributed by atoms with van der Waals surface area (Å²) in [5.74, 6) is 1.03. The number of benzene rings is 1. The molecular formula is C16H22N4O2S. The Bertz CT molecular complexity index is 682. The highest BCUT2D eigenvalue weighted by molar-refractivity contribution is 7.18. The van der Waals surface area contributed by atoms with Crippen molar-refractivity contribution in [1.29, 1.82) is 0 Å². The summed E-state index contributed by atoms with van der Waals surface area (Å²) in [6.45, 7) is 4.48. The summed E-state index contributed by atoms with van der Waals surface area (Å²) in [4.78, 5) is 20.9. The van der Waals surface area contributed by atoms with Gasteiger partial charge in [-0.1, -0.05) is 0 Å². The average molecular weight is 334 g/mol. The van der Waals surface area contributed by atoms with Crippen molar-refractivity contribution in [2.75, 3.05) is 46.9 Å². The van der Waals surface area contributed by atoms with Crippen LogP contribution in [-0.2, 0) is 11.3 Å². The molecule has 1 saturated heterocycles. The van der Waals surface area contributed by atoms with Gasteiger partial charge in [0.05, 0.1) is 30.4 Å². The first-order chi connectivity index (χ1) is 11.2. The number of nitrogens with zero attached hydrogens (tertiary/aromatic N) is 3.